The maximum atomic E-state index is 12.7. The summed E-state index contributed by atoms with van der Waals surface area (Å²) in [4.78, 5) is 14.6. The Morgan fingerprint density at radius 2 is 2.00 bits per heavy atom. The van der Waals surface area contributed by atoms with Crippen LogP contribution in [0.15, 0.2) is 24.3 Å². The number of aromatic nitrogens is 3. The van der Waals surface area contributed by atoms with E-state index in [1.54, 1.807) is 0 Å². The van der Waals surface area contributed by atoms with Crippen molar-refractivity contribution < 1.29 is 9.53 Å². The van der Waals surface area contributed by atoms with Crippen molar-refractivity contribution in [1.29, 1.82) is 0 Å². The number of carbonyl (C=O) groups excluding carboxylic acids is 1. The van der Waals surface area contributed by atoms with Crippen molar-refractivity contribution in [2.75, 3.05) is 13.2 Å². The summed E-state index contributed by atoms with van der Waals surface area (Å²) in [6.07, 6.45) is 0.393. The lowest BCUT2D eigenvalue weighted by molar-refractivity contribution is -0.132. The summed E-state index contributed by atoms with van der Waals surface area (Å²) in [5.41, 5.74) is 0.996. The minimum absolute atomic E-state index is 0.122. The smallest absolute Gasteiger partial charge is 0.227 e. The molecule has 0 fully saturated rings. The van der Waals surface area contributed by atoms with Crippen LogP contribution in [0.3, 0.4) is 0 Å². The van der Waals surface area contributed by atoms with Crippen molar-refractivity contribution in [3.8, 4) is 5.75 Å². The van der Waals surface area contributed by atoms with Crippen molar-refractivity contribution in [2.24, 2.45) is 0 Å². The van der Waals surface area contributed by atoms with Crippen LogP contribution in [0.1, 0.15) is 56.9 Å². The Balaban J connectivity index is 1.69. The molecule has 1 aliphatic rings. The van der Waals surface area contributed by atoms with E-state index >= 15 is 0 Å². The largest absolute Gasteiger partial charge is 0.494 e. The fourth-order valence-corrected chi connectivity index (χ4v) is 3.30. The van der Waals surface area contributed by atoms with Gasteiger partial charge in [0.2, 0.25) is 5.91 Å². The van der Waals surface area contributed by atoms with Crippen LogP contribution in [0.4, 0.5) is 0 Å². The van der Waals surface area contributed by atoms with Crippen LogP contribution in [-0.4, -0.2) is 38.7 Å². The minimum atomic E-state index is 0.122. The predicted molar refractivity (Wildman–Crippen MR) is 95.6 cm³/mol. The molecule has 0 saturated heterocycles. The number of ether oxygens (including phenoxy) is 1. The van der Waals surface area contributed by atoms with Gasteiger partial charge in [-0.1, -0.05) is 26.0 Å². The number of hydrogen-bond acceptors (Lipinski definition) is 4. The SMILES string of the molecule is CCOc1ccc(CC(=O)N2Cc3nnc(C(C)C)n3[C@@H](C)C2)cc1. The molecule has 0 spiro atoms. The lowest BCUT2D eigenvalue weighted by Crippen LogP contribution is -2.41. The molecular weight excluding hydrogens is 316 g/mol. The van der Waals surface area contributed by atoms with Gasteiger partial charge in [-0.25, -0.2) is 0 Å². The second-order valence-corrected chi connectivity index (χ2v) is 6.88. The summed E-state index contributed by atoms with van der Waals surface area (Å²) in [7, 11) is 0. The summed E-state index contributed by atoms with van der Waals surface area (Å²) in [5, 5.41) is 8.62. The maximum absolute atomic E-state index is 12.7. The number of fused-ring (bicyclic) bond motifs is 1. The van der Waals surface area contributed by atoms with Gasteiger partial charge in [-0.15, -0.1) is 10.2 Å². The Hall–Kier alpha value is -2.37. The van der Waals surface area contributed by atoms with E-state index in [0.29, 0.717) is 32.0 Å². The predicted octanol–water partition coefficient (Wildman–Crippen LogP) is 2.95. The molecule has 0 aliphatic carbocycles. The van der Waals surface area contributed by atoms with E-state index in [2.05, 4.69) is 35.5 Å². The van der Waals surface area contributed by atoms with Crippen LogP contribution in [-0.2, 0) is 17.8 Å². The number of carbonyl (C=O) groups is 1. The molecule has 3 rings (SSSR count). The fourth-order valence-electron chi connectivity index (χ4n) is 3.30. The van der Waals surface area contributed by atoms with Gasteiger partial charge >= 0.3 is 0 Å². The monoisotopic (exact) mass is 342 g/mol. The van der Waals surface area contributed by atoms with Crippen molar-refractivity contribution in [3.63, 3.8) is 0 Å². The molecule has 0 saturated carbocycles. The zero-order valence-electron chi connectivity index (χ0n) is 15.4. The first-order valence-electron chi connectivity index (χ1n) is 8.92. The highest BCUT2D eigenvalue weighted by Crippen LogP contribution is 2.25. The average molecular weight is 342 g/mol. The van der Waals surface area contributed by atoms with Crippen LogP contribution < -0.4 is 4.74 Å². The van der Waals surface area contributed by atoms with Crippen LogP contribution in [0.2, 0.25) is 0 Å². The topological polar surface area (TPSA) is 60.2 Å². The second kappa shape index (κ2) is 7.25. The zero-order valence-corrected chi connectivity index (χ0v) is 15.4. The molecule has 25 heavy (non-hydrogen) atoms. The van der Waals surface area contributed by atoms with Gasteiger partial charge in [0.05, 0.1) is 25.6 Å². The first kappa shape index (κ1) is 17.5. The van der Waals surface area contributed by atoms with E-state index < -0.39 is 0 Å². The quantitative estimate of drug-likeness (QED) is 0.838. The molecule has 6 nitrogen and oxygen atoms in total. The summed E-state index contributed by atoms with van der Waals surface area (Å²) in [6, 6.07) is 7.93. The van der Waals surface area contributed by atoms with Crippen molar-refractivity contribution in [1.82, 2.24) is 19.7 Å². The number of nitrogens with zero attached hydrogens (tertiary/aromatic N) is 4. The van der Waals surface area contributed by atoms with Crippen molar-refractivity contribution >= 4 is 5.91 Å². The lowest BCUT2D eigenvalue weighted by atomic mass is 10.1. The van der Waals surface area contributed by atoms with E-state index in [1.807, 2.05) is 36.1 Å². The van der Waals surface area contributed by atoms with Crippen molar-refractivity contribution in [3.05, 3.63) is 41.5 Å². The zero-order chi connectivity index (χ0) is 18.0. The minimum Gasteiger partial charge on any atom is -0.494 e. The van der Waals surface area contributed by atoms with E-state index in [-0.39, 0.29) is 11.9 Å². The van der Waals surface area contributed by atoms with Crippen LogP contribution >= 0.6 is 0 Å². The third-order valence-electron chi connectivity index (χ3n) is 4.51. The number of rotatable bonds is 5. The molecule has 134 valence electrons. The number of amides is 1. The molecule has 2 heterocycles. The molecule has 1 aromatic carbocycles. The molecule has 1 aliphatic heterocycles. The molecule has 0 bridgehead atoms. The summed E-state index contributed by atoms with van der Waals surface area (Å²) in [5.74, 6) is 3.16. The average Bonchev–Trinajstić information content (AvgIpc) is 3.01. The van der Waals surface area contributed by atoms with Gasteiger partial charge in [0.15, 0.2) is 5.82 Å². The molecule has 1 aromatic heterocycles. The molecule has 2 aromatic rings. The van der Waals surface area contributed by atoms with E-state index in [4.69, 9.17) is 4.74 Å². The molecular formula is C19H26N4O2. The highest BCUT2D eigenvalue weighted by Gasteiger charge is 2.29. The molecule has 0 unspecified atom stereocenters. The van der Waals surface area contributed by atoms with Gasteiger partial charge < -0.3 is 14.2 Å². The molecule has 1 amide bonds. The summed E-state index contributed by atoms with van der Waals surface area (Å²) < 4.78 is 7.63. The summed E-state index contributed by atoms with van der Waals surface area (Å²) >= 11 is 0. The van der Waals surface area contributed by atoms with Gasteiger partial charge in [-0.3, -0.25) is 4.79 Å². The Morgan fingerprint density at radius 1 is 1.28 bits per heavy atom. The van der Waals surface area contributed by atoms with Gasteiger partial charge in [0.1, 0.15) is 11.6 Å². The highest BCUT2D eigenvalue weighted by atomic mass is 16.5. The third kappa shape index (κ3) is 3.67. The Morgan fingerprint density at radius 3 is 2.64 bits per heavy atom. The normalized spacial score (nSPS) is 16.8. The summed E-state index contributed by atoms with van der Waals surface area (Å²) in [6.45, 7) is 10.2. The fraction of sp³-hybridized carbons (Fsp3) is 0.526. The first-order valence-corrected chi connectivity index (χ1v) is 8.92. The maximum Gasteiger partial charge on any atom is 0.227 e. The molecule has 0 N–H and O–H groups in total. The van der Waals surface area contributed by atoms with Crippen LogP contribution in [0, 0.1) is 0 Å². The number of hydrogen-bond donors (Lipinski definition) is 0. The Bertz CT molecular complexity index is 736. The number of benzene rings is 1. The van der Waals surface area contributed by atoms with Gasteiger partial charge in [0, 0.05) is 12.5 Å². The Labute approximate surface area is 148 Å². The van der Waals surface area contributed by atoms with E-state index in [1.165, 1.54) is 0 Å². The highest BCUT2D eigenvalue weighted by molar-refractivity contribution is 5.79. The second-order valence-electron chi connectivity index (χ2n) is 6.88. The lowest BCUT2D eigenvalue weighted by Gasteiger charge is -2.33. The van der Waals surface area contributed by atoms with E-state index in [0.717, 1.165) is 23.0 Å². The molecule has 1 atom stereocenters. The molecule has 6 heteroatoms. The van der Waals surface area contributed by atoms with Gasteiger partial charge in [0.25, 0.3) is 0 Å². The van der Waals surface area contributed by atoms with Crippen LogP contribution in [0.25, 0.3) is 0 Å². The van der Waals surface area contributed by atoms with Crippen molar-refractivity contribution in [2.45, 2.75) is 52.6 Å². The van der Waals surface area contributed by atoms with E-state index in [9.17, 15) is 4.79 Å². The standard InChI is InChI=1S/C19H26N4O2/c1-5-25-16-8-6-15(7-9-16)10-18(24)22-11-14(4)23-17(12-22)20-21-19(23)13(2)3/h6-9,13-14H,5,10-12H2,1-4H3/t14-/m0/s1. The van der Waals surface area contributed by atoms with Gasteiger partial charge in [-0.05, 0) is 31.5 Å². The molecule has 0 radical (unpaired) electrons. The first-order chi connectivity index (χ1) is 12.0. The Kier molecular flexibility index (Phi) is 5.06. The van der Waals surface area contributed by atoms with Crippen LogP contribution in [0.5, 0.6) is 5.75 Å². The third-order valence-corrected chi connectivity index (χ3v) is 4.51. The van der Waals surface area contributed by atoms with Gasteiger partial charge in [-0.2, -0.15) is 0 Å².